The van der Waals surface area contributed by atoms with E-state index < -0.39 is 0 Å². The van der Waals surface area contributed by atoms with Gasteiger partial charge in [0.25, 0.3) is 0 Å². The first kappa shape index (κ1) is 17.6. The molecule has 2 fully saturated rings. The van der Waals surface area contributed by atoms with Gasteiger partial charge < -0.3 is 10.2 Å². The average molecular weight is 348 g/mol. The molecule has 2 saturated heterocycles. The molecular formula is C19H29N3OS. The summed E-state index contributed by atoms with van der Waals surface area (Å²) in [5.74, 6) is 2.26. The number of nitrogens with one attached hydrogen (secondary N) is 1. The van der Waals surface area contributed by atoms with Crippen LogP contribution in [0.5, 0.6) is 0 Å². The molecule has 132 valence electrons. The summed E-state index contributed by atoms with van der Waals surface area (Å²) < 4.78 is 0. The van der Waals surface area contributed by atoms with Gasteiger partial charge in [-0.1, -0.05) is 24.3 Å². The summed E-state index contributed by atoms with van der Waals surface area (Å²) in [5.41, 5.74) is 2.78. The predicted molar refractivity (Wildman–Crippen MR) is 102 cm³/mol. The number of carbonyl (C=O) groups is 1. The Hall–Kier alpha value is -1.20. The zero-order valence-electron chi connectivity index (χ0n) is 14.8. The van der Waals surface area contributed by atoms with E-state index in [0.29, 0.717) is 12.1 Å². The minimum absolute atomic E-state index is 0.111. The lowest BCUT2D eigenvalue weighted by Crippen LogP contribution is -2.50. The third-order valence-corrected chi connectivity index (χ3v) is 6.49. The summed E-state index contributed by atoms with van der Waals surface area (Å²) in [6.07, 6.45) is 3.22. The molecule has 2 amide bonds. The summed E-state index contributed by atoms with van der Waals surface area (Å²) in [6, 6.07) is 9.46. The van der Waals surface area contributed by atoms with Crippen LogP contribution in [0.4, 0.5) is 4.79 Å². The second-order valence-corrected chi connectivity index (χ2v) is 8.20. The molecule has 1 unspecified atom stereocenters. The highest BCUT2D eigenvalue weighted by molar-refractivity contribution is 7.99. The Bertz CT molecular complexity index is 551. The Morgan fingerprint density at radius 3 is 2.71 bits per heavy atom. The summed E-state index contributed by atoms with van der Waals surface area (Å²) in [6.45, 7) is 5.32. The minimum Gasteiger partial charge on any atom is -0.335 e. The Morgan fingerprint density at radius 1 is 1.29 bits per heavy atom. The third-order valence-electron chi connectivity index (χ3n) is 5.34. The SMILES string of the molecule is Cc1ccccc1CN1CCC(NC(=O)N(C)C2CCSC2)CC1. The first-order chi connectivity index (χ1) is 11.6. The van der Waals surface area contributed by atoms with Gasteiger partial charge in [-0.25, -0.2) is 4.79 Å². The monoisotopic (exact) mass is 347 g/mol. The van der Waals surface area contributed by atoms with E-state index in [1.807, 2.05) is 23.7 Å². The summed E-state index contributed by atoms with van der Waals surface area (Å²) in [4.78, 5) is 16.8. The predicted octanol–water partition coefficient (Wildman–Crippen LogP) is 3.11. The van der Waals surface area contributed by atoms with Crippen molar-refractivity contribution in [3.05, 3.63) is 35.4 Å². The van der Waals surface area contributed by atoms with Crippen molar-refractivity contribution < 1.29 is 4.79 Å². The quantitative estimate of drug-likeness (QED) is 0.909. The van der Waals surface area contributed by atoms with Gasteiger partial charge in [-0.05, 0) is 43.1 Å². The van der Waals surface area contributed by atoms with Crippen LogP contribution in [0.1, 0.15) is 30.4 Å². The number of benzene rings is 1. The van der Waals surface area contributed by atoms with Crippen LogP contribution in [0.3, 0.4) is 0 Å². The molecule has 0 aromatic heterocycles. The molecule has 2 heterocycles. The molecule has 24 heavy (non-hydrogen) atoms. The second kappa shape index (κ2) is 8.26. The number of carbonyl (C=O) groups excluding carboxylic acids is 1. The van der Waals surface area contributed by atoms with Gasteiger partial charge in [0.15, 0.2) is 0 Å². The van der Waals surface area contributed by atoms with Gasteiger partial charge in [-0.2, -0.15) is 11.8 Å². The second-order valence-electron chi connectivity index (χ2n) is 7.05. The van der Waals surface area contributed by atoms with E-state index in [1.165, 1.54) is 16.9 Å². The lowest BCUT2D eigenvalue weighted by Gasteiger charge is -2.34. The minimum atomic E-state index is 0.111. The largest absolute Gasteiger partial charge is 0.335 e. The summed E-state index contributed by atoms with van der Waals surface area (Å²) >= 11 is 1.95. The van der Waals surface area contributed by atoms with Gasteiger partial charge in [-0.3, -0.25) is 4.90 Å². The zero-order valence-corrected chi connectivity index (χ0v) is 15.6. The maximum Gasteiger partial charge on any atom is 0.317 e. The smallest absolute Gasteiger partial charge is 0.317 e. The first-order valence-corrected chi connectivity index (χ1v) is 10.2. The molecule has 0 saturated carbocycles. The van der Waals surface area contributed by atoms with Crippen molar-refractivity contribution in [2.24, 2.45) is 0 Å². The molecule has 1 atom stereocenters. The van der Waals surface area contributed by atoms with Crippen LogP contribution in [0, 0.1) is 6.92 Å². The lowest BCUT2D eigenvalue weighted by atomic mass is 10.0. The van der Waals surface area contributed by atoms with E-state index in [2.05, 4.69) is 41.4 Å². The number of piperidine rings is 1. The van der Waals surface area contributed by atoms with Crippen LogP contribution in [-0.4, -0.2) is 59.6 Å². The topological polar surface area (TPSA) is 35.6 Å². The van der Waals surface area contributed by atoms with Crippen LogP contribution in [-0.2, 0) is 6.54 Å². The standard InChI is InChI=1S/C19H29N3OS/c1-15-5-3-4-6-16(15)13-22-10-7-17(8-11-22)20-19(23)21(2)18-9-12-24-14-18/h3-6,17-18H,7-14H2,1-2H3,(H,20,23). The maximum absolute atomic E-state index is 12.4. The highest BCUT2D eigenvalue weighted by atomic mass is 32.2. The number of hydrogen-bond acceptors (Lipinski definition) is 3. The van der Waals surface area contributed by atoms with Crippen LogP contribution in [0.15, 0.2) is 24.3 Å². The molecule has 5 heteroatoms. The Labute approximate surface area is 150 Å². The maximum atomic E-state index is 12.4. The molecule has 3 rings (SSSR count). The zero-order chi connectivity index (χ0) is 16.9. The normalized spacial score (nSPS) is 22.5. The molecule has 1 aromatic carbocycles. The fraction of sp³-hybridized carbons (Fsp3) is 0.632. The molecule has 0 bridgehead atoms. The third kappa shape index (κ3) is 4.45. The summed E-state index contributed by atoms with van der Waals surface area (Å²) in [7, 11) is 1.94. The molecule has 0 spiro atoms. The van der Waals surface area contributed by atoms with Gasteiger partial charge in [0.05, 0.1) is 0 Å². The van der Waals surface area contributed by atoms with Crippen molar-refractivity contribution in [1.29, 1.82) is 0 Å². The number of rotatable bonds is 4. The van der Waals surface area contributed by atoms with Crippen molar-refractivity contribution in [2.75, 3.05) is 31.6 Å². The van der Waals surface area contributed by atoms with Gasteiger partial charge in [0.2, 0.25) is 0 Å². The van der Waals surface area contributed by atoms with Crippen molar-refractivity contribution in [3.8, 4) is 0 Å². The number of nitrogens with zero attached hydrogens (tertiary/aromatic N) is 2. The van der Waals surface area contributed by atoms with Crippen LogP contribution in [0.2, 0.25) is 0 Å². The van der Waals surface area contributed by atoms with Crippen molar-refractivity contribution in [2.45, 2.75) is 44.8 Å². The number of aryl methyl sites for hydroxylation is 1. The highest BCUT2D eigenvalue weighted by Gasteiger charge is 2.27. The number of hydrogen-bond donors (Lipinski definition) is 1. The highest BCUT2D eigenvalue weighted by Crippen LogP contribution is 2.22. The number of thioether (sulfide) groups is 1. The molecule has 4 nitrogen and oxygen atoms in total. The van der Waals surface area contributed by atoms with Crippen molar-refractivity contribution in [1.82, 2.24) is 15.1 Å². The van der Waals surface area contributed by atoms with Crippen LogP contribution in [0.25, 0.3) is 0 Å². The average Bonchev–Trinajstić information content (AvgIpc) is 3.12. The van der Waals surface area contributed by atoms with Crippen LogP contribution < -0.4 is 5.32 Å². The Kier molecular flexibility index (Phi) is 6.06. The van der Waals surface area contributed by atoms with E-state index >= 15 is 0 Å². The lowest BCUT2D eigenvalue weighted by molar-refractivity contribution is 0.167. The first-order valence-electron chi connectivity index (χ1n) is 9.01. The van der Waals surface area contributed by atoms with Gasteiger partial charge in [-0.15, -0.1) is 0 Å². The number of urea groups is 1. The van der Waals surface area contributed by atoms with E-state index in [0.717, 1.165) is 44.6 Å². The van der Waals surface area contributed by atoms with E-state index in [4.69, 9.17) is 0 Å². The van der Waals surface area contributed by atoms with E-state index in [-0.39, 0.29) is 6.03 Å². The molecule has 0 radical (unpaired) electrons. The van der Waals surface area contributed by atoms with Crippen molar-refractivity contribution in [3.63, 3.8) is 0 Å². The molecule has 0 aliphatic carbocycles. The summed E-state index contributed by atoms with van der Waals surface area (Å²) in [5, 5.41) is 3.24. The van der Waals surface area contributed by atoms with Gasteiger partial charge in [0.1, 0.15) is 0 Å². The fourth-order valence-corrected chi connectivity index (χ4v) is 4.80. The van der Waals surface area contributed by atoms with Gasteiger partial charge >= 0.3 is 6.03 Å². The van der Waals surface area contributed by atoms with Crippen LogP contribution >= 0.6 is 11.8 Å². The number of amides is 2. The van der Waals surface area contributed by atoms with E-state index in [1.54, 1.807) is 0 Å². The molecule has 1 N–H and O–H groups in total. The Balaban J connectivity index is 1.43. The molecule has 1 aromatic rings. The molecule has 2 aliphatic heterocycles. The molecular weight excluding hydrogens is 318 g/mol. The Morgan fingerprint density at radius 2 is 2.04 bits per heavy atom. The number of likely N-dealkylation sites (tertiary alicyclic amines) is 1. The van der Waals surface area contributed by atoms with Crippen molar-refractivity contribution >= 4 is 17.8 Å². The molecule has 2 aliphatic rings. The van der Waals surface area contributed by atoms with Gasteiger partial charge in [0, 0.05) is 44.5 Å². The fourth-order valence-electron chi connectivity index (χ4n) is 3.53. The van der Waals surface area contributed by atoms with E-state index in [9.17, 15) is 4.79 Å².